The average molecular weight is 475 g/mol. The van der Waals surface area contributed by atoms with Crippen LogP contribution >= 0.6 is 31.9 Å². The number of halogens is 2. The molecule has 0 aliphatic carbocycles. The van der Waals surface area contributed by atoms with Crippen LogP contribution in [0.1, 0.15) is 21.1 Å². The minimum atomic E-state index is -0.233. The van der Waals surface area contributed by atoms with Crippen LogP contribution in [0, 0.1) is 0 Å². The minimum Gasteiger partial charge on any atom is -0.444 e. The summed E-state index contributed by atoms with van der Waals surface area (Å²) in [5, 5.41) is 2.83. The second kappa shape index (κ2) is 8.20. The molecule has 1 fully saturated rings. The molecule has 0 radical (unpaired) electrons. The zero-order valence-corrected chi connectivity index (χ0v) is 16.5. The second-order valence-corrected chi connectivity index (χ2v) is 7.16. The SMILES string of the molecule is O=C(NCCN1CCN(C(=O)c2ccc(Br)o2)CC1)c1ccc(Br)o1. The molecule has 1 aliphatic heterocycles. The molecule has 0 aromatic carbocycles. The van der Waals surface area contributed by atoms with Crippen molar-refractivity contribution in [3.8, 4) is 0 Å². The van der Waals surface area contributed by atoms with Gasteiger partial charge in [0.1, 0.15) is 0 Å². The lowest BCUT2D eigenvalue weighted by Crippen LogP contribution is -2.50. The Morgan fingerprint density at radius 1 is 0.960 bits per heavy atom. The number of rotatable bonds is 5. The lowest BCUT2D eigenvalue weighted by atomic mass is 10.3. The Balaban J connectivity index is 1.39. The van der Waals surface area contributed by atoms with Crippen LogP contribution in [0.4, 0.5) is 0 Å². The molecule has 0 saturated carbocycles. The van der Waals surface area contributed by atoms with Gasteiger partial charge in [-0.3, -0.25) is 14.5 Å². The van der Waals surface area contributed by atoms with Crippen molar-refractivity contribution < 1.29 is 18.4 Å². The molecule has 7 nitrogen and oxygen atoms in total. The number of nitrogens with zero attached hydrogens (tertiary/aromatic N) is 2. The lowest BCUT2D eigenvalue weighted by Gasteiger charge is -2.34. The van der Waals surface area contributed by atoms with Gasteiger partial charge in [-0.25, -0.2) is 0 Å². The topological polar surface area (TPSA) is 78.9 Å². The van der Waals surface area contributed by atoms with E-state index in [1.54, 1.807) is 29.2 Å². The summed E-state index contributed by atoms with van der Waals surface area (Å²) in [7, 11) is 0. The number of amides is 2. The molecule has 25 heavy (non-hydrogen) atoms. The molecule has 1 saturated heterocycles. The molecule has 3 heterocycles. The summed E-state index contributed by atoms with van der Waals surface area (Å²) >= 11 is 6.37. The number of piperazine rings is 1. The number of carbonyl (C=O) groups is 2. The fraction of sp³-hybridized carbons (Fsp3) is 0.375. The van der Waals surface area contributed by atoms with Crippen LogP contribution in [0.15, 0.2) is 42.4 Å². The summed E-state index contributed by atoms with van der Waals surface area (Å²) < 4.78 is 11.6. The normalized spacial score (nSPS) is 15.4. The van der Waals surface area contributed by atoms with E-state index in [9.17, 15) is 9.59 Å². The first-order valence-electron chi connectivity index (χ1n) is 7.83. The highest BCUT2D eigenvalue weighted by molar-refractivity contribution is 9.10. The molecule has 1 N–H and O–H groups in total. The van der Waals surface area contributed by atoms with Crippen molar-refractivity contribution in [3.05, 3.63) is 45.1 Å². The number of hydrogen-bond donors (Lipinski definition) is 1. The molecular formula is C16H17Br2N3O4. The highest BCUT2D eigenvalue weighted by Gasteiger charge is 2.24. The van der Waals surface area contributed by atoms with Gasteiger partial charge in [0.05, 0.1) is 0 Å². The third-order valence-corrected chi connectivity index (χ3v) is 4.81. The smallest absolute Gasteiger partial charge is 0.289 e. The standard InChI is InChI=1S/C16H17Br2N3O4/c17-13-3-1-11(24-13)15(22)19-5-6-20-7-9-21(10-8-20)16(23)12-2-4-14(18)25-12/h1-4H,5-10H2,(H,19,22). The van der Waals surface area contributed by atoms with Gasteiger partial charge in [-0.05, 0) is 56.1 Å². The molecule has 9 heteroatoms. The average Bonchev–Trinajstić information content (AvgIpc) is 3.23. The Bertz CT molecular complexity index is 747. The minimum absolute atomic E-state index is 0.0953. The van der Waals surface area contributed by atoms with Crippen LogP contribution in [0.3, 0.4) is 0 Å². The Labute approximate surface area is 161 Å². The van der Waals surface area contributed by atoms with E-state index in [2.05, 4.69) is 42.1 Å². The zero-order valence-electron chi connectivity index (χ0n) is 13.3. The summed E-state index contributed by atoms with van der Waals surface area (Å²) in [6.07, 6.45) is 0. The van der Waals surface area contributed by atoms with E-state index in [1.165, 1.54) is 0 Å². The first-order valence-corrected chi connectivity index (χ1v) is 9.42. The number of hydrogen-bond acceptors (Lipinski definition) is 5. The van der Waals surface area contributed by atoms with Crippen molar-refractivity contribution in [2.75, 3.05) is 39.3 Å². The van der Waals surface area contributed by atoms with E-state index < -0.39 is 0 Å². The molecule has 2 aromatic heterocycles. The summed E-state index contributed by atoms with van der Waals surface area (Å²) in [4.78, 5) is 28.2. The largest absolute Gasteiger partial charge is 0.444 e. The first-order chi connectivity index (χ1) is 12.0. The summed E-state index contributed by atoms with van der Waals surface area (Å²) in [6, 6.07) is 6.69. The molecule has 0 spiro atoms. The summed E-state index contributed by atoms with van der Waals surface area (Å²) in [5.74, 6) is 0.300. The van der Waals surface area contributed by atoms with E-state index in [-0.39, 0.29) is 17.6 Å². The third kappa shape index (κ3) is 4.74. The lowest BCUT2D eigenvalue weighted by molar-refractivity contribution is 0.0605. The van der Waals surface area contributed by atoms with Gasteiger partial charge in [0.2, 0.25) is 0 Å². The Kier molecular flexibility index (Phi) is 5.98. The molecule has 134 valence electrons. The van der Waals surface area contributed by atoms with Crippen LogP contribution in [-0.4, -0.2) is 60.9 Å². The van der Waals surface area contributed by atoms with Gasteiger partial charge in [0.15, 0.2) is 20.9 Å². The molecule has 1 aliphatic rings. The van der Waals surface area contributed by atoms with E-state index in [0.717, 1.165) is 19.6 Å². The first kappa shape index (κ1) is 18.2. The van der Waals surface area contributed by atoms with Gasteiger partial charge in [-0.1, -0.05) is 0 Å². The van der Waals surface area contributed by atoms with Gasteiger partial charge < -0.3 is 19.1 Å². The van der Waals surface area contributed by atoms with Crippen molar-refractivity contribution in [1.82, 2.24) is 15.1 Å². The number of nitrogens with one attached hydrogen (secondary N) is 1. The quantitative estimate of drug-likeness (QED) is 0.720. The van der Waals surface area contributed by atoms with E-state index in [4.69, 9.17) is 8.83 Å². The van der Waals surface area contributed by atoms with Crippen LogP contribution in [-0.2, 0) is 0 Å². The van der Waals surface area contributed by atoms with Gasteiger partial charge in [0.25, 0.3) is 11.8 Å². The maximum absolute atomic E-state index is 12.3. The molecule has 0 atom stereocenters. The van der Waals surface area contributed by atoms with Gasteiger partial charge in [-0.2, -0.15) is 0 Å². The van der Waals surface area contributed by atoms with Crippen molar-refractivity contribution in [1.29, 1.82) is 0 Å². The van der Waals surface area contributed by atoms with Crippen LogP contribution in [0.25, 0.3) is 0 Å². The van der Waals surface area contributed by atoms with Crippen LogP contribution < -0.4 is 5.32 Å². The predicted octanol–water partition coefficient (Wildman–Crippen LogP) is 2.59. The van der Waals surface area contributed by atoms with Crippen LogP contribution in [0.2, 0.25) is 0 Å². The van der Waals surface area contributed by atoms with Gasteiger partial charge >= 0.3 is 0 Å². The maximum Gasteiger partial charge on any atom is 0.289 e. The molecule has 2 aromatic rings. The van der Waals surface area contributed by atoms with Crippen molar-refractivity contribution >= 4 is 43.7 Å². The molecule has 3 rings (SSSR count). The Morgan fingerprint density at radius 3 is 2.12 bits per heavy atom. The molecule has 0 unspecified atom stereocenters. The zero-order chi connectivity index (χ0) is 17.8. The number of carbonyl (C=O) groups excluding carboxylic acids is 2. The highest BCUT2D eigenvalue weighted by Crippen LogP contribution is 2.17. The maximum atomic E-state index is 12.3. The summed E-state index contributed by atoms with van der Waals surface area (Å²) in [5.41, 5.74) is 0. The van der Waals surface area contributed by atoms with E-state index >= 15 is 0 Å². The monoisotopic (exact) mass is 473 g/mol. The van der Waals surface area contributed by atoms with Gasteiger partial charge in [0, 0.05) is 39.3 Å². The Morgan fingerprint density at radius 2 is 1.56 bits per heavy atom. The fourth-order valence-corrected chi connectivity index (χ4v) is 3.22. The van der Waals surface area contributed by atoms with Gasteiger partial charge in [-0.15, -0.1) is 0 Å². The fourth-order valence-electron chi connectivity index (χ4n) is 2.61. The molecule has 2 amide bonds. The predicted molar refractivity (Wildman–Crippen MR) is 97.5 cm³/mol. The summed E-state index contributed by atoms with van der Waals surface area (Å²) in [6.45, 7) is 4.04. The van der Waals surface area contributed by atoms with Crippen molar-refractivity contribution in [3.63, 3.8) is 0 Å². The molecular weight excluding hydrogens is 458 g/mol. The van der Waals surface area contributed by atoms with Crippen molar-refractivity contribution in [2.24, 2.45) is 0 Å². The Hall–Kier alpha value is -1.58. The van der Waals surface area contributed by atoms with Crippen molar-refractivity contribution in [2.45, 2.75) is 0 Å². The van der Waals surface area contributed by atoms with E-state index in [1.807, 2.05) is 0 Å². The van der Waals surface area contributed by atoms with E-state index in [0.29, 0.717) is 34.7 Å². The second-order valence-electron chi connectivity index (χ2n) is 5.60. The molecule has 0 bridgehead atoms. The number of furan rings is 2. The van der Waals surface area contributed by atoms with Crippen LogP contribution in [0.5, 0.6) is 0 Å². The third-order valence-electron chi connectivity index (χ3n) is 3.95. The highest BCUT2D eigenvalue weighted by atomic mass is 79.9.